The Morgan fingerprint density at radius 1 is 1.69 bits per heavy atom. The third kappa shape index (κ3) is 3.20. The Kier molecular flexibility index (Phi) is 3.98. The van der Waals surface area contributed by atoms with Gasteiger partial charge in [-0.05, 0) is 0 Å². The van der Waals surface area contributed by atoms with E-state index in [1.54, 1.807) is 0 Å². The zero-order valence-corrected chi connectivity index (χ0v) is 8.23. The number of rotatable bonds is 4. The maximum Gasteiger partial charge on any atom is 0.251 e. The average molecular weight is 200 g/mol. The third-order valence-electron chi connectivity index (χ3n) is 1.44. The summed E-state index contributed by atoms with van der Waals surface area (Å²) in [7, 11) is 0. The first kappa shape index (κ1) is 10.3. The van der Waals surface area contributed by atoms with Crippen LogP contribution in [0.4, 0.5) is 0 Å². The number of hydrogen-bond acceptors (Lipinski definition) is 4. The van der Waals surface area contributed by atoms with Crippen molar-refractivity contribution in [3.8, 4) is 0 Å². The number of H-pyrrole nitrogens is 1. The van der Waals surface area contributed by atoms with Crippen LogP contribution >= 0.6 is 11.8 Å². The fourth-order valence-corrected chi connectivity index (χ4v) is 1.54. The van der Waals surface area contributed by atoms with E-state index in [1.807, 2.05) is 6.92 Å². The van der Waals surface area contributed by atoms with Crippen LogP contribution in [0, 0.1) is 0 Å². The Bertz CT molecular complexity index is 324. The summed E-state index contributed by atoms with van der Waals surface area (Å²) in [4.78, 5) is 17.9. The topological polar surface area (TPSA) is 66.0 Å². The van der Waals surface area contributed by atoms with Crippen molar-refractivity contribution in [3.05, 3.63) is 22.2 Å². The van der Waals surface area contributed by atoms with Gasteiger partial charge in [0.25, 0.3) is 5.56 Å². The molecule has 0 fully saturated rings. The number of aliphatic hydroxyl groups excluding tert-OH is 1. The molecule has 4 nitrogen and oxygen atoms in total. The van der Waals surface area contributed by atoms with Crippen LogP contribution < -0.4 is 5.56 Å². The van der Waals surface area contributed by atoms with E-state index in [9.17, 15) is 4.79 Å². The molecule has 1 aromatic rings. The molecule has 0 aliphatic carbocycles. The zero-order chi connectivity index (χ0) is 9.68. The smallest absolute Gasteiger partial charge is 0.251 e. The second-order valence-corrected chi connectivity index (χ2v) is 3.57. The van der Waals surface area contributed by atoms with E-state index in [0.29, 0.717) is 23.0 Å². The molecular weight excluding hydrogens is 188 g/mol. The first-order valence-electron chi connectivity index (χ1n) is 4.10. The molecule has 1 rings (SSSR count). The molecular formula is C8H12N2O2S. The summed E-state index contributed by atoms with van der Waals surface area (Å²) in [6, 6.07) is 1.44. The summed E-state index contributed by atoms with van der Waals surface area (Å²) in [6.45, 7) is 2.03. The standard InChI is InChI=1S/C8H12N2O2S/c1-2-6-9-7(12)5-8(10-6)13-4-3-11/h5,11H,2-4H2,1H3,(H,9,10,12). The fourth-order valence-electron chi connectivity index (χ4n) is 0.875. The molecule has 0 radical (unpaired) electrons. The van der Waals surface area contributed by atoms with E-state index in [0.717, 1.165) is 0 Å². The minimum atomic E-state index is -0.132. The van der Waals surface area contributed by atoms with Gasteiger partial charge in [0, 0.05) is 18.2 Å². The molecule has 0 aliphatic rings. The van der Waals surface area contributed by atoms with Crippen molar-refractivity contribution in [2.45, 2.75) is 18.4 Å². The number of thioether (sulfide) groups is 1. The molecule has 2 N–H and O–H groups in total. The SMILES string of the molecule is CCc1nc(SCCO)cc(=O)[nH]1. The molecule has 0 unspecified atom stereocenters. The number of aromatic nitrogens is 2. The van der Waals surface area contributed by atoms with Gasteiger partial charge in [-0.15, -0.1) is 11.8 Å². The predicted molar refractivity (Wildman–Crippen MR) is 52.0 cm³/mol. The van der Waals surface area contributed by atoms with Gasteiger partial charge in [-0.3, -0.25) is 4.79 Å². The van der Waals surface area contributed by atoms with Crippen molar-refractivity contribution in [2.24, 2.45) is 0 Å². The summed E-state index contributed by atoms with van der Waals surface area (Å²) in [5.41, 5.74) is -0.132. The average Bonchev–Trinajstić information content (AvgIpc) is 2.14. The van der Waals surface area contributed by atoms with Crippen molar-refractivity contribution < 1.29 is 5.11 Å². The Morgan fingerprint density at radius 3 is 3.08 bits per heavy atom. The lowest BCUT2D eigenvalue weighted by Gasteiger charge is -2.00. The van der Waals surface area contributed by atoms with Crippen molar-refractivity contribution in [1.82, 2.24) is 9.97 Å². The van der Waals surface area contributed by atoms with Crippen LogP contribution in [0.3, 0.4) is 0 Å². The molecule has 72 valence electrons. The largest absolute Gasteiger partial charge is 0.396 e. The summed E-state index contributed by atoms with van der Waals surface area (Å²) in [5.74, 6) is 1.26. The van der Waals surface area contributed by atoms with Gasteiger partial charge in [0.2, 0.25) is 0 Å². The first-order valence-corrected chi connectivity index (χ1v) is 5.08. The second kappa shape index (κ2) is 5.04. The summed E-state index contributed by atoms with van der Waals surface area (Å²) >= 11 is 1.38. The molecule has 0 amide bonds. The van der Waals surface area contributed by atoms with Crippen LogP contribution in [0.25, 0.3) is 0 Å². The molecule has 1 aromatic heterocycles. The monoisotopic (exact) mass is 200 g/mol. The molecule has 0 saturated carbocycles. The number of aryl methyl sites for hydroxylation is 1. The molecule has 0 aromatic carbocycles. The highest BCUT2D eigenvalue weighted by atomic mass is 32.2. The molecule has 0 atom stereocenters. The highest BCUT2D eigenvalue weighted by molar-refractivity contribution is 7.99. The van der Waals surface area contributed by atoms with Crippen LogP contribution in [0.15, 0.2) is 15.9 Å². The predicted octanol–water partition coefficient (Wildman–Crippen LogP) is 0.417. The highest BCUT2D eigenvalue weighted by Gasteiger charge is 1.99. The zero-order valence-electron chi connectivity index (χ0n) is 7.41. The lowest BCUT2D eigenvalue weighted by atomic mass is 10.4. The van der Waals surface area contributed by atoms with Crippen molar-refractivity contribution in [1.29, 1.82) is 0 Å². The van der Waals surface area contributed by atoms with Gasteiger partial charge in [0.15, 0.2) is 0 Å². The number of aromatic amines is 1. The van der Waals surface area contributed by atoms with Crippen LogP contribution in [-0.4, -0.2) is 27.4 Å². The Morgan fingerprint density at radius 2 is 2.46 bits per heavy atom. The summed E-state index contributed by atoms with van der Waals surface area (Å²) in [5, 5.41) is 9.26. The van der Waals surface area contributed by atoms with Crippen LogP contribution in [0.1, 0.15) is 12.7 Å². The molecule has 0 saturated heterocycles. The summed E-state index contributed by atoms with van der Waals surface area (Å²) < 4.78 is 0. The third-order valence-corrected chi connectivity index (χ3v) is 2.33. The molecule has 0 aliphatic heterocycles. The number of nitrogens with zero attached hydrogens (tertiary/aromatic N) is 1. The van der Waals surface area contributed by atoms with Crippen molar-refractivity contribution in [3.63, 3.8) is 0 Å². The van der Waals surface area contributed by atoms with Crippen LogP contribution in [0.2, 0.25) is 0 Å². The number of nitrogens with one attached hydrogen (secondary N) is 1. The van der Waals surface area contributed by atoms with Crippen LogP contribution in [-0.2, 0) is 6.42 Å². The number of hydrogen-bond donors (Lipinski definition) is 2. The molecule has 0 spiro atoms. The van der Waals surface area contributed by atoms with Crippen LogP contribution in [0.5, 0.6) is 0 Å². The lowest BCUT2D eigenvalue weighted by molar-refractivity contribution is 0.322. The van der Waals surface area contributed by atoms with Gasteiger partial charge in [0.05, 0.1) is 6.61 Å². The van der Waals surface area contributed by atoms with Gasteiger partial charge >= 0.3 is 0 Å². The van der Waals surface area contributed by atoms with Gasteiger partial charge in [-0.25, -0.2) is 4.98 Å². The Hall–Kier alpha value is -0.810. The number of aliphatic hydroxyl groups is 1. The fraction of sp³-hybridized carbons (Fsp3) is 0.500. The van der Waals surface area contributed by atoms with E-state index in [2.05, 4.69) is 9.97 Å². The summed E-state index contributed by atoms with van der Waals surface area (Å²) in [6.07, 6.45) is 0.711. The molecule has 5 heteroatoms. The normalized spacial score (nSPS) is 10.3. The molecule has 0 bridgehead atoms. The Balaban J connectivity index is 2.82. The first-order chi connectivity index (χ1) is 6.26. The van der Waals surface area contributed by atoms with Gasteiger partial charge in [-0.2, -0.15) is 0 Å². The minimum Gasteiger partial charge on any atom is -0.396 e. The van der Waals surface area contributed by atoms with E-state index in [-0.39, 0.29) is 12.2 Å². The van der Waals surface area contributed by atoms with Crippen molar-refractivity contribution >= 4 is 11.8 Å². The van der Waals surface area contributed by atoms with Gasteiger partial charge in [-0.1, -0.05) is 6.92 Å². The van der Waals surface area contributed by atoms with E-state index in [1.165, 1.54) is 17.8 Å². The van der Waals surface area contributed by atoms with E-state index in [4.69, 9.17) is 5.11 Å². The van der Waals surface area contributed by atoms with E-state index < -0.39 is 0 Å². The van der Waals surface area contributed by atoms with Gasteiger partial charge < -0.3 is 10.1 Å². The minimum absolute atomic E-state index is 0.0978. The van der Waals surface area contributed by atoms with E-state index >= 15 is 0 Å². The maximum atomic E-state index is 11.1. The lowest BCUT2D eigenvalue weighted by Crippen LogP contribution is -2.10. The maximum absolute atomic E-state index is 11.1. The van der Waals surface area contributed by atoms with Gasteiger partial charge in [0.1, 0.15) is 10.9 Å². The quantitative estimate of drug-likeness (QED) is 0.546. The van der Waals surface area contributed by atoms with Crippen molar-refractivity contribution in [2.75, 3.05) is 12.4 Å². The highest BCUT2D eigenvalue weighted by Crippen LogP contribution is 2.11. The molecule has 13 heavy (non-hydrogen) atoms. The second-order valence-electron chi connectivity index (χ2n) is 2.46. The Labute approximate surface area is 80.4 Å². The molecule has 1 heterocycles.